The molecule has 84 valence electrons. The third kappa shape index (κ3) is 2.19. The molecule has 0 N–H and O–H groups in total. The molecule has 4 heteroatoms. The molecular formula is C12H13ClN2O. The van der Waals surface area contributed by atoms with E-state index >= 15 is 0 Å². The number of imidazole rings is 1. The molecule has 1 heterocycles. The molecular weight excluding hydrogens is 224 g/mol. The van der Waals surface area contributed by atoms with Crippen molar-refractivity contribution in [3.05, 3.63) is 41.2 Å². The van der Waals surface area contributed by atoms with Crippen LogP contribution >= 0.6 is 11.6 Å². The molecule has 0 saturated heterocycles. The quantitative estimate of drug-likeness (QED) is 0.813. The predicted octanol–water partition coefficient (Wildman–Crippen LogP) is 3.66. The van der Waals surface area contributed by atoms with Crippen LogP contribution in [-0.4, -0.2) is 9.55 Å². The van der Waals surface area contributed by atoms with Crippen LogP contribution in [0, 0.1) is 6.92 Å². The maximum absolute atomic E-state index is 5.80. The van der Waals surface area contributed by atoms with Gasteiger partial charge in [-0.25, -0.2) is 4.98 Å². The van der Waals surface area contributed by atoms with Gasteiger partial charge in [-0.3, -0.25) is 4.57 Å². The van der Waals surface area contributed by atoms with Crippen molar-refractivity contribution in [2.75, 3.05) is 0 Å². The molecule has 0 amide bonds. The number of hydrogen-bond donors (Lipinski definition) is 0. The standard InChI is InChI=1S/C12H13ClN2O/c1-3-15-9(2)8-14-12(15)16-11-6-4-10(13)5-7-11/h4-8H,3H2,1-2H3. The first-order valence-electron chi connectivity index (χ1n) is 5.16. The molecule has 0 atom stereocenters. The van der Waals surface area contributed by atoms with E-state index in [1.54, 1.807) is 18.3 Å². The summed E-state index contributed by atoms with van der Waals surface area (Å²) in [6.45, 7) is 4.91. The van der Waals surface area contributed by atoms with Crippen molar-refractivity contribution in [3.63, 3.8) is 0 Å². The number of aryl methyl sites for hydroxylation is 1. The Hall–Kier alpha value is -1.48. The van der Waals surface area contributed by atoms with E-state index in [1.807, 2.05) is 23.6 Å². The van der Waals surface area contributed by atoms with Gasteiger partial charge in [-0.1, -0.05) is 11.6 Å². The first kappa shape index (κ1) is 11.0. The molecule has 0 spiro atoms. The fraction of sp³-hybridized carbons (Fsp3) is 0.250. The van der Waals surface area contributed by atoms with Gasteiger partial charge in [-0.05, 0) is 38.1 Å². The Bertz CT molecular complexity index is 476. The molecule has 0 fully saturated rings. The summed E-state index contributed by atoms with van der Waals surface area (Å²) in [6, 6.07) is 7.85. The van der Waals surface area contributed by atoms with E-state index in [2.05, 4.69) is 11.9 Å². The molecule has 0 saturated carbocycles. The Kier molecular flexibility index (Phi) is 3.15. The maximum Gasteiger partial charge on any atom is 0.302 e. The molecule has 3 nitrogen and oxygen atoms in total. The molecule has 1 aromatic carbocycles. The molecule has 1 aromatic heterocycles. The fourth-order valence-electron chi connectivity index (χ4n) is 1.51. The summed E-state index contributed by atoms with van der Waals surface area (Å²) in [4.78, 5) is 4.21. The highest BCUT2D eigenvalue weighted by Gasteiger charge is 2.07. The van der Waals surface area contributed by atoms with E-state index in [0.717, 1.165) is 18.0 Å². The zero-order chi connectivity index (χ0) is 11.5. The van der Waals surface area contributed by atoms with Crippen LogP contribution < -0.4 is 4.74 Å². The Morgan fingerprint density at radius 1 is 1.31 bits per heavy atom. The highest BCUT2D eigenvalue weighted by Crippen LogP contribution is 2.22. The topological polar surface area (TPSA) is 27.1 Å². The second-order valence-electron chi connectivity index (χ2n) is 3.48. The summed E-state index contributed by atoms with van der Waals surface area (Å²) in [5.41, 5.74) is 1.09. The summed E-state index contributed by atoms with van der Waals surface area (Å²) in [5, 5.41) is 0.697. The van der Waals surface area contributed by atoms with E-state index in [-0.39, 0.29) is 0 Å². The van der Waals surface area contributed by atoms with Crippen LogP contribution in [0.5, 0.6) is 11.8 Å². The molecule has 2 rings (SSSR count). The third-order valence-electron chi connectivity index (χ3n) is 2.36. The first-order chi connectivity index (χ1) is 7.70. The lowest BCUT2D eigenvalue weighted by atomic mass is 10.3. The lowest BCUT2D eigenvalue weighted by molar-refractivity contribution is 0.413. The average Bonchev–Trinajstić information content (AvgIpc) is 2.63. The number of halogens is 1. The minimum atomic E-state index is 0.613. The second kappa shape index (κ2) is 4.58. The number of rotatable bonds is 3. The van der Waals surface area contributed by atoms with E-state index in [1.165, 1.54) is 0 Å². The van der Waals surface area contributed by atoms with Gasteiger partial charge in [-0.15, -0.1) is 0 Å². The van der Waals surface area contributed by atoms with Crippen LogP contribution in [0.25, 0.3) is 0 Å². The fourth-order valence-corrected chi connectivity index (χ4v) is 1.64. The number of ether oxygens (including phenoxy) is 1. The summed E-state index contributed by atoms with van der Waals surface area (Å²) >= 11 is 5.80. The lowest BCUT2D eigenvalue weighted by Gasteiger charge is -2.07. The van der Waals surface area contributed by atoms with Crippen molar-refractivity contribution in [2.45, 2.75) is 20.4 Å². The number of benzene rings is 1. The Morgan fingerprint density at radius 2 is 2.00 bits per heavy atom. The molecule has 0 radical (unpaired) electrons. The van der Waals surface area contributed by atoms with Crippen LogP contribution in [0.1, 0.15) is 12.6 Å². The van der Waals surface area contributed by atoms with Crippen LogP contribution in [-0.2, 0) is 6.54 Å². The normalized spacial score (nSPS) is 10.4. The number of aromatic nitrogens is 2. The number of hydrogen-bond acceptors (Lipinski definition) is 2. The first-order valence-corrected chi connectivity index (χ1v) is 5.54. The van der Waals surface area contributed by atoms with Crippen molar-refractivity contribution in [1.82, 2.24) is 9.55 Å². The highest BCUT2D eigenvalue weighted by molar-refractivity contribution is 6.30. The predicted molar refractivity (Wildman–Crippen MR) is 64.2 cm³/mol. The van der Waals surface area contributed by atoms with E-state index < -0.39 is 0 Å². The Labute approximate surface area is 99.6 Å². The van der Waals surface area contributed by atoms with Gasteiger partial charge in [-0.2, -0.15) is 0 Å². The van der Waals surface area contributed by atoms with Crippen LogP contribution in [0.2, 0.25) is 5.02 Å². The van der Waals surface area contributed by atoms with Crippen molar-refractivity contribution in [3.8, 4) is 11.8 Å². The zero-order valence-electron chi connectivity index (χ0n) is 9.27. The highest BCUT2D eigenvalue weighted by atomic mass is 35.5. The van der Waals surface area contributed by atoms with Crippen molar-refractivity contribution < 1.29 is 4.74 Å². The average molecular weight is 237 g/mol. The Morgan fingerprint density at radius 3 is 2.62 bits per heavy atom. The van der Waals surface area contributed by atoms with Crippen LogP contribution in [0.15, 0.2) is 30.5 Å². The smallest absolute Gasteiger partial charge is 0.302 e. The van der Waals surface area contributed by atoms with Gasteiger partial charge in [0.25, 0.3) is 0 Å². The number of nitrogens with zero attached hydrogens (tertiary/aromatic N) is 2. The minimum Gasteiger partial charge on any atom is -0.426 e. The zero-order valence-corrected chi connectivity index (χ0v) is 10.0. The van der Waals surface area contributed by atoms with Gasteiger partial charge in [0, 0.05) is 17.3 Å². The summed E-state index contributed by atoms with van der Waals surface area (Å²) in [7, 11) is 0. The van der Waals surface area contributed by atoms with E-state index in [4.69, 9.17) is 16.3 Å². The van der Waals surface area contributed by atoms with Crippen molar-refractivity contribution in [1.29, 1.82) is 0 Å². The molecule has 0 aliphatic carbocycles. The van der Waals surface area contributed by atoms with Crippen molar-refractivity contribution >= 4 is 11.6 Å². The third-order valence-corrected chi connectivity index (χ3v) is 2.61. The Balaban J connectivity index is 2.23. The summed E-state index contributed by atoms with van der Waals surface area (Å²) < 4.78 is 7.68. The molecule has 0 unspecified atom stereocenters. The van der Waals surface area contributed by atoms with Gasteiger partial charge in [0.05, 0.1) is 6.20 Å². The largest absolute Gasteiger partial charge is 0.426 e. The summed E-state index contributed by atoms with van der Waals surface area (Å²) in [6.07, 6.45) is 1.80. The van der Waals surface area contributed by atoms with Gasteiger partial charge >= 0.3 is 6.01 Å². The lowest BCUT2D eigenvalue weighted by Crippen LogP contribution is -2.00. The summed E-state index contributed by atoms with van der Waals surface area (Å²) in [5.74, 6) is 0.740. The SMILES string of the molecule is CCn1c(C)cnc1Oc1ccc(Cl)cc1. The molecule has 0 aliphatic rings. The van der Waals surface area contributed by atoms with Gasteiger partial charge in [0.15, 0.2) is 0 Å². The monoisotopic (exact) mass is 236 g/mol. The van der Waals surface area contributed by atoms with Gasteiger partial charge in [0.2, 0.25) is 0 Å². The second-order valence-corrected chi connectivity index (χ2v) is 3.92. The minimum absolute atomic E-state index is 0.613. The van der Waals surface area contributed by atoms with Gasteiger partial charge < -0.3 is 4.74 Å². The van der Waals surface area contributed by atoms with E-state index in [9.17, 15) is 0 Å². The van der Waals surface area contributed by atoms with Crippen molar-refractivity contribution in [2.24, 2.45) is 0 Å². The van der Waals surface area contributed by atoms with E-state index in [0.29, 0.717) is 11.0 Å². The molecule has 16 heavy (non-hydrogen) atoms. The van der Waals surface area contributed by atoms with Gasteiger partial charge in [0.1, 0.15) is 5.75 Å². The molecule has 2 aromatic rings. The van der Waals surface area contributed by atoms with Crippen LogP contribution in [0.4, 0.5) is 0 Å². The maximum atomic E-state index is 5.80. The van der Waals surface area contributed by atoms with Crippen LogP contribution in [0.3, 0.4) is 0 Å². The molecule has 0 bridgehead atoms. The molecule has 0 aliphatic heterocycles.